The van der Waals surface area contributed by atoms with E-state index in [-0.39, 0.29) is 0 Å². The molecule has 4 aromatic heterocycles. The van der Waals surface area contributed by atoms with Crippen molar-refractivity contribution in [3.63, 3.8) is 0 Å². The maximum Gasteiger partial charge on any atom is 0.130 e. The first-order chi connectivity index (χ1) is 24.0. The van der Waals surface area contributed by atoms with E-state index in [1.54, 1.807) is 17.5 Å². The van der Waals surface area contributed by atoms with Crippen molar-refractivity contribution in [2.24, 2.45) is 10.9 Å². The highest BCUT2D eigenvalue weighted by Crippen LogP contribution is 2.41. The molecule has 250 valence electrons. The Balaban J connectivity index is 0.978. The number of allylic oxidation sites excluding steroid dienone is 3. The molecule has 49 heavy (non-hydrogen) atoms. The first-order valence-corrected chi connectivity index (χ1v) is 18.9. The minimum absolute atomic E-state index is 0.350. The SMILES string of the molecule is CCC(CCCC1=C2N=CSC2CC(c2cc(NCCc3cccnc3)nc(C)n2)=C1)CNc1cc(-c2ccc3ncsc3c2)nc(C)n1. The summed E-state index contributed by atoms with van der Waals surface area (Å²) in [5.41, 5.74) is 13.0. The van der Waals surface area contributed by atoms with Gasteiger partial charge < -0.3 is 10.6 Å². The Morgan fingerprint density at radius 3 is 2.61 bits per heavy atom. The number of aromatic nitrogens is 6. The molecule has 2 atom stereocenters. The Morgan fingerprint density at radius 2 is 1.78 bits per heavy atom. The number of thiazole rings is 1. The average molecular weight is 688 g/mol. The number of nitrogens with one attached hydrogen (secondary N) is 2. The van der Waals surface area contributed by atoms with Gasteiger partial charge in [0.05, 0.1) is 43.6 Å². The molecular formula is C38H41N9S2. The van der Waals surface area contributed by atoms with Crippen molar-refractivity contribution in [3.8, 4) is 11.3 Å². The van der Waals surface area contributed by atoms with Gasteiger partial charge in [-0.25, -0.2) is 24.9 Å². The minimum Gasteiger partial charge on any atom is -0.370 e. The molecule has 9 nitrogen and oxygen atoms in total. The molecular weight excluding hydrogens is 647 g/mol. The maximum atomic E-state index is 4.87. The predicted octanol–water partition coefficient (Wildman–Crippen LogP) is 8.70. The Kier molecular flexibility index (Phi) is 10.4. The molecule has 7 rings (SSSR count). The largest absolute Gasteiger partial charge is 0.370 e. The molecule has 2 unspecified atom stereocenters. The van der Waals surface area contributed by atoms with Crippen LogP contribution in [0.1, 0.15) is 61.9 Å². The number of fused-ring (bicyclic) bond motifs is 2. The van der Waals surface area contributed by atoms with E-state index in [1.807, 2.05) is 48.9 Å². The number of anilines is 2. The van der Waals surface area contributed by atoms with E-state index in [0.717, 1.165) is 97.4 Å². The van der Waals surface area contributed by atoms with Crippen molar-refractivity contribution in [1.82, 2.24) is 29.9 Å². The zero-order valence-corrected chi connectivity index (χ0v) is 29.8. The lowest BCUT2D eigenvalue weighted by molar-refractivity contribution is 0.475. The van der Waals surface area contributed by atoms with Gasteiger partial charge in [-0.2, -0.15) is 0 Å². The van der Waals surface area contributed by atoms with Gasteiger partial charge in [0.15, 0.2) is 0 Å². The van der Waals surface area contributed by atoms with Gasteiger partial charge in [0.2, 0.25) is 0 Å². The Labute approximate surface area is 296 Å². The van der Waals surface area contributed by atoms with Gasteiger partial charge in [-0.3, -0.25) is 9.98 Å². The molecule has 0 radical (unpaired) electrons. The molecule has 0 spiro atoms. The second kappa shape index (κ2) is 15.4. The summed E-state index contributed by atoms with van der Waals surface area (Å²) in [5, 5.41) is 7.49. The highest BCUT2D eigenvalue weighted by atomic mass is 32.2. The number of hydrogen-bond acceptors (Lipinski definition) is 11. The fourth-order valence-corrected chi connectivity index (χ4v) is 8.12. The van der Waals surface area contributed by atoms with Gasteiger partial charge in [-0.15, -0.1) is 23.1 Å². The summed E-state index contributed by atoms with van der Waals surface area (Å²) >= 11 is 3.47. The summed E-state index contributed by atoms with van der Waals surface area (Å²) in [4.78, 5) is 32.4. The molecule has 0 amide bonds. The highest BCUT2D eigenvalue weighted by molar-refractivity contribution is 8.13. The van der Waals surface area contributed by atoms with E-state index in [1.165, 1.54) is 27.1 Å². The molecule has 5 aromatic rings. The Hall–Kier alpha value is -4.48. The molecule has 1 aliphatic heterocycles. The third-order valence-electron chi connectivity index (χ3n) is 9.09. The standard InChI is InChI=1S/C38H41N9S2/c1-4-26(21-41-37-18-32(44-24(2)47-37)28-10-11-31-34(16-28)48-22-42-31)7-5-9-29-15-30(17-35-38(29)43-23-49-35)33-19-36(46-25(3)45-33)40-14-12-27-8-6-13-39-20-27/h6,8,10-11,13,15-16,18-20,22-23,26,35H,4-5,7,9,12,14,17,21H2,1-3H3,(H,40,45,46)(H,41,44,47). The van der Waals surface area contributed by atoms with Crippen LogP contribution in [0, 0.1) is 19.8 Å². The number of nitrogens with zero attached hydrogens (tertiary/aromatic N) is 7. The van der Waals surface area contributed by atoms with E-state index in [9.17, 15) is 0 Å². The molecule has 1 aliphatic carbocycles. The van der Waals surface area contributed by atoms with Crippen LogP contribution < -0.4 is 10.6 Å². The van der Waals surface area contributed by atoms with E-state index in [4.69, 9.17) is 19.9 Å². The molecule has 0 saturated carbocycles. The first kappa shape index (κ1) is 33.0. The Bertz CT molecular complexity index is 2020. The fraction of sp³-hybridized carbons (Fsp3) is 0.342. The predicted molar refractivity (Wildman–Crippen MR) is 204 cm³/mol. The second-order valence-corrected chi connectivity index (χ2v) is 14.6. The van der Waals surface area contributed by atoms with Crippen LogP contribution in [0.4, 0.5) is 11.6 Å². The summed E-state index contributed by atoms with van der Waals surface area (Å²) < 4.78 is 1.17. The molecule has 0 fully saturated rings. The van der Waals surface area contributed by atoms with Gasteiger partial charge in [-0.05, 0) is 86.8 Å². The van der Waals surface area contributed by atoms with Gasteiger partial charge in [-0.1, -0.05) is 31.6 Å². The topological polar surface area (TPSA) is 114 Å². The minimum atomic E-state index is 0.350. The molecule has 1 aromatic carbocycles. The van der Waals surface area contributed by atoms with Crippen LogP contribution in [-0.4, -0.2) is 53.8 Å². The third kappa shape index (κ3) is 8.22. The lowest BCUT2D eigenvalue weighted by Crippen LogP contribution is -2.15. The van der Waals surface area contributed by atoms with Crippen LogP contribution in [0.5, 0.6) is 0 Å². The Morgan fingerprint density at radius 1 is 0.939 bits per heavy atom. The summed E-state index contributed by atoms with van der Waals surface area (Å²) in [6, 6.07) is 14.6. The van der Waals surface area contributed by atoms with Crippen molar-refractivity contribution < 1.29 is 0 Å². The zero-order chi connectivity index (χ0) is 33.6. The van der Waals surface area contributed by atoms with Gasteiger partial charge in [0.25, 0.3) is 0 Å². The van der Waals surface area contributed by atoms with E-state index >= 15 is 0 Å². The van der Waals surface area contributed by atoms with E-state index in [0.29, 0.717) is 11.2 Å². The van der Waals surface area contributed by atoms with Gasteiger partial charge in [0.1, 0.15) is 23.3 Å². The smallest absolute Gasteiger partial charge is 0.130 e. The average Bonchev–Trinajstić information content (AvgIpc) is 3.79. The first-order valence-electron chi connectivity index (χ1n) is 17.0. The van der Waals surface area contributed by atoms with E-state index in [2.05, 4.69) is 75.0 Å². The normalized spacial score (nSPS) is 16.1. The number of aliphatic imine (C=N–C) groups is 1. The molecule has 2 aliphatic rings. The van der Waals surface area contributed by atoms with Crippen molar-refractivity contribution in [2.75, 3.05) is 23.7 Å². The van der Waals surface area contributed by atoms with Crippen molar-refractivity contribution in [1.29, 1.82) is 0 Å². The van der Waals surface area contributed by atoms with Crippen molar-refractivity contribution in [3.05, 3.63) is 101 Å². The van der Waals surface area contributed by atoms with Crippen LogP contribution in [-0.2, 0) is 6.42 Å². The number of pyridine rings is 1. The monoisotopic (exact) mass is 687 g/mol. The molecule has 0 saturated heterocycles. The summed E-state index contributed by atoms with van der Waals surface area (Å²) in [5.74, 6) is 3.82. The number of rotatable bonds is 14. The van der Waals surface area contributed by atoms with Crippen LogP contribution in [0.3, 0.4) is 0 Å². The number of benzene rings is 1. The second-order valence-electron chi connectivity index (χ2n) is 12.6. The van der Waals surface area contributed by atoms with Crippen LogP contribution >= 0.6 is 23.1 Å². The molecule has 5 heterocycles. The number of thioether (sulfide) groups is 1. The van der Waals surface area contributed by atoms with Crippen molar-refractivity contribution >= 4 is 56.1 Å². The molecule has 0 bridgehead atoms. The summed E-state index contributed by atoms with van der Waals surface area (Å²) in [6.45, 7) is 7.87. The fourth-order valence-electron chi connectivity index (χ4n) is 6.47. The number of aryl methyl sites for hydroxylation is 2. The lowest BCUT2D eigenvalue weighted by Gasteiger charge is -2.23. The molecule has 2 N–H and O–H groups in total. The quantitative estimate of drug-likeness (QED) is 0.118. The van der Waals surface area contributed by atoms with Crippen LogP contribution in [0.25, 0.3) is 27.0 Å². The van der Waals surface area contributed by atoms with Crippen LogP contribution in [0.15, 0.2) is 82.7 Å². The highest BCUT2D eigenvalue weighted by Gasteiger charge is 2.28. The number of hydrogen-bond donors (Lipinski definition) is 2. The van der Waals surface area contributed by atoms with E-state index < -0.39 is 0 Å². The van der Waals surface area contributed by atoms with Crippen LogP contribution in [0.2, 0.25) is 0 Å². The zero-order valence-electron chi connectivity index (χ0n) is 28.2. The summed E-state index contributed by atoms with van der Waals surface area (Å²) in [6.07, 6.45) is 12.2. The van der Waals surface area contributed by atoms with Gasteiger partial charge in [0, 0.05) is 43.2 Å². The van der Waals surface area contributed by atoms with Crippen molar-refractivity contribution in [2.45, 2.75) is 64.5 Å². The molecule has 11 heteroatoms. The lowest BCUT2D eigenvalue weighted by atomic mass is 9.89. The summed E-state index contributed by atoms with van der Waals surface area (Å²) in [7, 11) is 0. The van der Waals surface area contributed by atoms with Gasteiger partial charge >= 0.3 is 0 Å². The third-order valence-corrected chi connectivity index (χ3v) is 10.8. The maximum absolute atomic E-state index is 4.87.